The normalized spacial score (nSPS) is 55.6. The van der Waals surface area contributed by atoms with E-state index >= 15 is 0 Å². The molecule has 74 valence electrons. The lowest BCUT2D eigenvalue weighted by Crippen LogP contribution is -2.17. The van der Waals surface area contributed by atoms with Crippen LogP contribution in [0.25, 0.3) is 0 Å². The van der Waals surface area contributed by atoms with Gasteiger partial charge in [-0.25, -0.2) is 0 Å². The first-order chi connectivity index (χ1) is 6.53. The molecule has 14 heavy (non-hydrogen) atoms. The second-order valence-corrected chi connectivity index (χ2v) is 6.27. The molecule has 0 bridgehead atoms. The zero-order valence-corrected chi connectivity index (χ0v) is 9.51. The van der Waals surface area contributed by atoms with Gasteiger partial charge in [0.25, 0.3) is 0 Å². The minimum Gasteiger partial charge on any atom is -0.118 e. The topological polar surface area (TPSA) is 0 Å². The first-order valence-electron chi connectivity index (χ1n) is 6.01. The maximum atomic E-state index is 6.20. The number of hydrogen-bond donors (Lipinski definition) is 0. The maximum absolute atomic E-state index is 6.20. The summed E-state index contributed by atoms with van der Waals surface area (Å²) in [6.07, 6.45) is 4.01. The molecular formula is C13H19B. The summed E-state index contributed by atoms with van der Waals surface area (Å²) in [5.74, 6) is 3.41. The summed E-state index contributed by atoms with van der Waals surface area (Å²) in [6.45, 7) is 7.30. The highest BCUT2D eigenvalue weighted by atomic mass is 14.6. The molecule has 3 rings (SSSR count). The first-order valence-corrected chi connectivity index (χ1v) is 6.01. The summed E-state index contributed by atoms with van der Waals surface area (Å²) in [7, 11) is 6.20. The summed E-state index contributed by atoms with van der Waals surface area (Å²) < 4.78 is 0. The van der Waals surface area contributed by atoms with E-state index < -0.39 is 0 Å². The van der Waals surface area contributed by atoms with Crippen LogP contribution in [-0.4, -0.2) is 7.85 Å². The van der Waals surface area contributed by atoms with Gasteiger partial charge in [0.1, 0.15) is 7.85 Å². The summed E-state index contributed by atoms with van der Waals surface area (Å²) in [5.41, 5.74) is 3.50. The molecule has 0 saturated heterocycles. The third-order valence-electron chi connectivity index (χ3n) is 5.16. The van der Waals surface area contributed by atoms with E-state index in [0.717, 1.165) is 23.7 Å². The molecule has 5 atom stereocenters. The van der Waals surface area contributed by atoms with Crippen LogP contribution in [-0.2, 0) is 0 Å². The summed E-state index contributed by atoms with van der Waals surface area (Å²) in [4.78, 5) is 0. The van der Waals surface area contributed by atoms with Crippen molar-refractivity contribution < 1.29 is 0 Å². The minimum absolute atomic E-state index is 0.597. The molecule has 0 amide bonds. The molecule has 0 aromatic heterocycles. The Balaban J connectivity index is 2.10. The molecule has 0 aromatic rings. The van der Waals surface area contributed by atoms with E-state index in [1.54, 1.807) is 5.57 Å². The van der Waals surface area contributed by atoms with Crippen LogP contribution in [0.3, 0.4) is 0 Å². The van der Waals surface area contributed by atoms with Gasteiger partial charge in [-0.05, 0) is 48.3 Å². The molecule has 0 heterocycles. The van der Waals surface area contributed by atoms with Crippen molar-refractivity contribution in [2.24, 2.45) is 29.1 Å². The van der Waals surface area contributed by atoms with Gasteiger partial charge in [0.15, 0.2) is 0 Å². The zero-order chi connectivity index (χ0) is 10.1. The maximum Gasteiger partial charge on any atom is 0.107 e. The fourth-order valence-electron chi connectivity index (χ4n) is 5.00. The molecule has 0 nitrogen and oxygen atoms in total. The highest BCUT2D eigenvalue weighted by molar-refractivity contribution is 6.22. The molecule has 0 aliphatic heterocycles. The fourth-order valence-corrected chi connectivity index (χ4v) is 5.00. The van der Waals surface area contributed by atoms with Gasteiger partial charge in [0, 0.05) is 0 Å². The van der Waals surface area contributed by atoms with E-state index in [9.17, 15) is 0 Å². The highest BCUT2D eigenvalue weighted by Gasteiger charge is 2.58. The summed E-state index contributed by atoms with van der Waals surface area (Å²) >= 11 is 0. The van der Waals surface area contributed by atoms with E-state index in [1.165, 1.54) is 24.7 Å². The van der Waals surface area contributed by atoms with Gasteiger partial charge in [0.05, 0.1) is 0 Å². The van der Waals surface area contributed by atoms with Crippen molar-refractivity contribution in [1.82, 2.24) is 0 Å². The Hall–Kier alpha value is -0.195. The van der Waals surface area contributed by atoms with Crippen LogP contribution < -0.4 is 0 Å². The van der Waals surface area contributed by atoms with Gasteiger partial charge < -0.3 is 0 Å². The van der Waals surface area contributed by atoms with Crippen molar-refractivity contribution in [3.05, 3.63) is 11.0 Å². The first kappa shape index (κ1) is 9.06. The van der Waals surface area contributed by atoms with E-state index in [1.807, 2.05) is 0 Å². The molecule has 0 N–H and O–H groups in total. The Morgan fingerprint density at radius 3 is 2.71 bits per heavy atom. The van der Waals surface area contributed by atoms with Crippen LogP contribution in [0.2, 0.25) is 0 Å². The van der Waals surface area contributed by atoms with E-state index in [-0.39, 0.29) is 0 Å². The lowest BCUT2D eigenvalue weighted by Gasteiger charge is -2.24. The minimum atomic E-state index is 0.597. The molecular weight excluding hydrogens is 167 g/mol. The van der Waals surface area contributed by atoms with Crippen molar-refractivity contribution >= 4 is 7.85 Å². The van der Waals surface area contributed by atoms with Gasteiger partial charge in [-0.2, -0.15) is 0 Å². The van der Waals surface area contributed by atoms with Crippen molar-refractivity contribution in [3.8, 4) is 0 Å². The lowest BCUT2D eigenvalue weighted by atomic mass is 9.80. The SMILES string of the molecule is [B]C1=C2C(C)CC3(C)CC(C)C(C1)C23. The highest BCUT2D eigenvalue weighted by Crippen LogP contribution is 2.67. The quantitative estimate of drug-likeness (QED) is 0.510. The number of rotatable bonds is 0. The Kier molecular flexibility index (Phi) is 1.61. The molecule has 1 heteroatoms. The van der Waals surface area contributed by atoms with Crippen LogP contribution >= 0.6 is 0 Å². The van der Waals surface area contributed by atoms with Crippen LogP contribution in [0.15, 0.2) is 11.0 Å². The molecule has 2 saturated carbocycles. The number of hydrogen-bond acceptors (Lipinski definition) is 0. The van der Waals surface area contributed by atoms with E-state index in [4.69, 9.17) is 7.85 Å². The van der Waals surface area contributed by atoms with Gasteiger partial charge in [-0.15, -0.1) is 5.47 Å². The van der Waals surface area contributed by atoms with E-state index in [2.05, 4.69) is 20.8 Å². The Morgan fingerprint density at radius 1 is 1.29 bits per heavy atom. The van der Waals surface area contributed by atoms with Gasteiger partial charge in [-0.1, -0.05) is 26.3 Å². The zero-order valence-electron chi connectivity index (χ0n) is 9.51. The Bertz CT molecular complexity index is 317. The Labute approximate surface area is 88.6 Å². The van der Waals surface area contributed by atoms with Crippen molar-refractivity contribution in [2.75, 3.05) is 0 Å². The van der Waals surface area contributed by atoms with E-state index in [0.29, 0.717) is 5.41 Å². The van der Waals surface area contributed by atoms with Crippen LogP contribution in [0, 0.1) is 29.1 Å². The Morgan fingerprint density at radius 2 is 2.00 bits per heavy atom. The molecule has 3 aliphatic rings. The van der Waals surface area contributed by atoms with Gasteiger partial charge in [0.2, 0.25) is 0 Å². The smallest absolute Gasteiger partial charge is 0.107 e. The lowest BCUT2D eigenvalue weighted by molar-refractivity contribution is 0.264. The third kappa shape index (κ3) is 0.870. The average molecular weight is 186 g/mol. The summed E-state index contributed by atoms with van der Waals surface area (Å²) in [5, 5.41) is 0. The fraction of sp³-hybridized carbons (Fsp3) is 0.846. The van der Waals surface area contributed by atoms with Crippen molar-refractivity contribution in [1.29, 1.82) is 0 Å². The molecule has 2 radical (unpaired) electrons. The molecule has 5 unspecified atom stereocenters. The van der Waals surface area contributed by atoms with Gasteiger partial charge in [-0.3, -0.25) is 0 Å². The molecule has 3 aliphatic carbocycles. The van der Waals surface area contributed by atoms with Crippen LogP contribution in [0.1, 0.15) is 40.0 Å². The molecule has 0 spiro atoms. The third-order valence-corrected chi connectivity index (χ3v) is 5.16. The van der Waals surface area contributed by atoms with Crippen molar-refractivity contribution in [2.45, 2.75) is 40.0 Å². The second kappa shape index (κ2) is 2.48. The molecule has 2 fully saturated rings. The van der Waals surface area contributed by atoms with Crippen molar-refractivity contribution in [3.63, 3.8) is 0 Å². The van der Waals surface area contributed by atoms with Crippen LogP contribution in [0.5, 0.6) is 0 Å². The molecule has 0 aromatic carbocycles. The largest absolute Gasteiger partial charge is 0.118 e. The standard InChI is InChI=1S/C13H19B/c1-7-5-13(3)6-8(2)11-10(14)4-9(7)12(11)13/h7-9,12H,4-6H2,1-3H3. The number of allylic oxidation sites excluding steroid dienone is 2. The van der Waals surface area contributed by atoms with Gasteiger partial charge >= 0.3 is 0 Å². The predicted octanol–water partition coefficient (Wildman–Crippen LogP) is 3.13. The predicted molar refractivity (Wildman–Crippen MR) is 60.0 cm³/mol. The second-order valence-electron chi connectivity index (χ2n) is 6.27. The summed E-state index contributed by atoms with van der Waals surface area (Å²) in [6, 6.07) is 0. The van der Waals surface area contributed by atoms with Crippen LogP contribution in [0.4, 0.5) is 0 Å². The average Bonchev–Trinajstić information content (AvgIpc) is 2.58. The monoisotopic (exact) mass is 186 g/mol.